The van der Waals surface area contributed by atoms with E-state index in [0.29, 0.717) is 12.1 Å². The second-order valence-electron chi connectivity index (χ2n) is 6.01. The molecule has 1 aromatic rings. The average molecular weight is 326 g/mol. The molecule has 22 heavy (non-hydrogen) atoms. The smallest absolute Gasteiger partial charge is 0.246 e. The van der Waals surface area contributed by atoms with Gasteiger partial charge in [0.25, 0.3) is 0 Å². The van der Waals surface area contributed by atoms with Gasteiger partial charge in [-0.2, -0.15) is 4.31 Å². The summed E-state index contributed by atoms with van der Waals surface area (Å²) < 4.78 is 40.8. The second kappa shape index (κ2) is 5.31. The molecule has 2 fully saturated rings. The van der Waals surface area contributed by atoms with Crippen LogP contribution < -0.4 is 0 Å². The van der Waals surface area contributed by atoms with Crippen molar-refractivity contribution in [2.45, 2.75) is 43.7 Å². The summed E-state index contributed by atoms with van der Waals surface area (Å²) in [6.45, 7) is 4.19. The van der Waals surface area contributed by atoms with Crippen LogP contribution in [0.15, 0.2) is 23.1 Å². The first kappa shape index (κ1) is 15.4. The topological polar surface area (TPSA) is 57.7 Å². The number of carbonyl (C=O) groups is 1. The van der Waals surface area contributed by atoms with Crippen LogP contribution in [0.1, 0.15) is 25.3 Å². The molecule has 1 aromatic carbocycles. The molecular formula is C15H19FN2O3S. The first-order valence-electron chi connectivity index (χ1n) is 7.41. The van der Waals surface area contributed by atoms with Gasteiger partial charge < -0.3 is 4.90 Å². The van der Waals surface area contributed by atoms with Crippen molar-refractivity contribution in [1.29, 1.82) is 0 Å². The number of halogens is 1. The Morgan fingerprint density at radius 3 is 2.73 bits per heavy atom. The van der Waals surface area contributed by atoms with Crippen LogP contribution in [-0.4, -0.2) is 48.7 Å². The lowest BCUT2D eigenvalue weighted by atomic mass is 10.1. The summed E-state index contributed by atoms with van der Waals surface area (Å²) in [5.74, 6) is -0.960. The molecule has 2 atom stereocenters. The fraction of sp³-hybridized carbons (Fsp3) is 0.533. The molecule has 0 spiro atoms. The Balaban J connectivity index is 1.99. The van der Waals surface area contributed by atoms with Gasteiger partial charge in [0, 0.05) is 19.1 Å². The monoisotopic (exact) mass is 326 g/mol. The molecular weight excluding hydrogens is 307 g/mol. The number of benzene rings is 1. The van der Waals surface area contributed by atoms with Crippen molar-refractivity contribution in [2.24, 2.45) is 0 Å². The predicted molar refractivity (Wildman–Crippen MR) is 79.2 cm³/mol. The SMILES string of the molecule is Cc1ccc(S(=O)(=O)N2C[C@H]3CCCN3C(=O)[C@H]2C)c(F)c1. The van der Waals surface area contributed by atoms with Crippen molar-refractivity contribution in [1.82, 2.24) is 9.21 Å². The average Bonchev–Trinajstić information content (AvgIpc) is 2.90. The van der Waals surface area contributed by atoms with Gasteiger partial charge in [-0.25, -0.2) is 12.8 Å². The molecule has 5 nitrogen and oxygen atoms in total. The number of amides is 1. The standard InChI is InChI=1S/C15H19FN2O3S/c1-10-5-6-14(13(16)8-10)22(20,21)18-9-12-4-3-7-17(12)15(19)11(18)2/h5-6,8,11-12H,3-4,7,9H2,1-2H3/t11-,12-/m1/s1. The molecule has 0 saturated carbocycles. The van der Waals surface area contributed by atoms with Crippen molar-refractivity contribution < 1.29 is 17.6 Å². The van der Waals surface area contributed by atoms with Gasteiger partial charge >= 0.3 is 0 Å². The van der Waals surface area contributed by atoms with Crippen LogP contribution in [0, 0.1) is 12.7 Å². The summed E-state index contributed by atoms with van der Waals surface area (Å²) >= 11 is 0. The molecule has 2 aliphatic rings. The van der Waals surface area contributed by atoms with E-state index in [4.69, 9.17) is 0 Å². The van der Waals surface area contributed by atoms with Crippen LogP contribution in [0.5, 0.6) is 0 Å². The summed E-state index contributed by atoms with van der Waals surface area (Å²) in [5, 5.41) is 0. The van der Waals surface area contributed by atoms with E-state index in [1.54, 1.807) is 24.8 Å². The van der Waals surface area contributed by atoms with Crippen molar-refractivity contribution in [2.75, 3.05) is 13.1 Å². The van der Waals surface area contributed by atoms with Crippen molar-refractivity contribution in [3.8, 4) is 0 Å². The van der Waals surface area contributed by atoms with Crippen LogP contribution in [0.25, 0.3) is 0 Å². The van der Waals surface area contributed by atoms with E-state index in [9.17, 15) is 17.6 Å². The normalized spacial score (nSPS) is 26.3. The molecule has 0 unspecified atom stereocenters. The summed E-state index contributed by atoms with van der Waals surface area (Å²) in [5.41, 5.74) is 0.654. The first-order chi connectivity index (χ1) is 10.3. The molecule has 2 heterocycles. The third kappa shape index (κ3) is 2.32. The molecule has 120 valence electrons. The molecule has 0 aromatic heterocycles. The van der Waals surface area contributed by atoms with Crippen LogP contribution in [0.3, 0.4) is 0 Å². The number of aryl methyl sites for hydroxylation is 1. The van der Waals surface area contributed by atoms with Gasteiger partial charge in [0.05, 0.1) is 0 Å². The summed E-state index contributed by atoms with van der Waals surface area (Å²) in [6.07, 6.45) is 1.68. The fourth-order valence-electron chi connectivity index (χ4n) is 3.29. The number of nitrogens with zero attached hydrogens (tertiary/aromatic N) is 2. The van der Waals surface area contributed by atoms with Crippen LogP contribution >= 0.6 is 0 Å². The predicted octanol–water partition coefficient (Wildman–Crippen LogP) is 1.52. The highest BCUT2D eigenvalue weighted by Crippen LogP contribution is 2.30. The highest BCUT2D eigenvalue weighted by atomic mass is 32.2. The number of rotatable bonds is 2. The molecule has 0 radical (unpaired) electrons. The first-order valence-corrected chi connectivity index (χ1v) is 8.85. The Kier molecular flexibility index (Phi) is 3.72. The minimum Gasteiger partial charge on any atom is -0.337 e. The maximum atomic E-state index is 14.1. The van der Waals surface area contributed by atoms with Crippen molar-refractivity contribution in [3.63, 3.8) is 0 Å². The van der Waals surface area contributed by atoms with E-state index in [0.717, 1.165) is 17.1 Å². The molecule has 0 aliphatic carbocycles. The summed E-state index contributed by atoms with van der Waals surface area (Å²) in [4.78, 5) is 13.8. The lowest BCUT2D eigenvalue weighted by molar-refractivity contribution is -0.139. The number of hydrogen-bond acceptors (Lipinski definition) is 3. The van der Waals surface area contributed by atoms with Gasteiger partial charge in [0.15, 0.2) is 0 Å². The Labute approximate surface area is 129 Å². The van der Waals surface area contributed by atoms with E-state index in [2.05, 4.69) is 0 Å². The number of piperazine rings is 1. The Morgan fingerprint density at radius 2 is 2.05 bits per heavy atom. The maximum Gasteiger partial charge on any atom is 0.246 e. The van der Waals surface area contributed by atoms with Gasteiger partial charge in [-0.15, -0.1) is 0 Å². The second-order valence-corrected chi connectivity index (χ2v) is 7.87. The van der Waals surface area contributed by atoms with E-state index < -0.39 is 21.9 Å². The lowest BCUT2D eigenvalue weighted by Gasteiger charge is -2.40. The third-order valence-electron chi connectivity index (χ3n) is 4.51. The van der Waals surface area contributed by atoms with Gasteiger partial charge in [0.2, 0.25) is 15.9 Å². The largest absolute Gasteiger partial charge is 0.337 e. The molecule has 7 heteroatoms. The summed E-state index contributed by atoms with van der Waals surface area (Å²) in [7, 11) is -4.02. The van der Waals surface area contributed by atoms with Crippen LogP contribution in [0.4, 0.5) is 4.39 Å². The van der Waals surface area contributed by atoms with Crippen LogP contribution in [-0.2, 0) is 14.8 Å². The van der Waals surface area contributed by atoms with Gasteiger partial charge in [0.1, 0.15) is 16.8 Å². The van der Waals surface area contributed by atoms with Crippen molar-refractivity contribution in [3.05, 3.63) is 29.6 Å². The minimum atomic E-state index is -4.02. The Bertz CT molecular complexity index is 719. The molecule has 2 saturated heterocycles. The zero-order valence-electron chi connectivity index (χ0n) is 12.6. The number of carbonyl (C=O) groups excluding carboxylic acids is 1. The quantitative estimate of drug-likeness (QED) is 0.828. The fourth-order valence-corrected chi connectivity index (χ4v) is 4.97. The molecule has 0 N–H and O–H groups in total. The zero-order valence-corrected chi connectivity index (χ0v) is 13.4. The molecule has 1 amide bonds. The van der Waals surface area contributed by atoms with E-state index in [1.165, 1.54) is 12.1 Å². The van der Waals surface area contributed by atoms with Gasteiger partial charge in [-0.05, 0) is 44.4 Å². The van der Waals surface area contributed by atoms with Gasteiger partial charge in [-0.3, -0.25) is 4.79 Å². The van der Waals surface area contributed by atoms with E-state index in [1.807, 2.05) is 0 Å². The highest BCUT2D eigenvalue weighted by molar-refractivity contribution is 7.89. The van der Waals surface area contributed by atoms with Crippen molar-refractivity contribution >= 4 is 15.9 Å². The highest BCUT2D eigenvalue weighted by Gasteiger charge is 2.45. The maximum absolute atomic E-state index is 14.1. The Hall–Kier alpha value is -1.47. The van der Waals surface area contributed by atoms with E-state index >= 15 is 0 Å². The Morgan fingerprint density at radius 1 is 1.32 bits per heavy atom. The van der Waals surface area contributed by atoms with E-state index in [-0.39, 0.29) is 23.4 Å². The van der Waals surface area contributed by atoms with Gasteiger partial charge in [-0.1, -0.05) is 6.07 Å². The number of sulfonamides is 1. The summed E-state index contributed by atoms with van der Waals surface area (Å²) in [6, 6.07) is 3.16. The lowest BCUT2D eigenvalue weighted by Crippen LogP contribution is -2.60. The number of fused-ring (bicyclic) bond motifs is 1. The molecule has 2 aliphatic heterocycles. The molecule has 3 rings (SSSR count). The zero-order chi connectivity index (χ0) is 16.1. The minimum absolute atomic E-state index is 0.0908. The molecule has 0 bridgehead atoms. The third-order valence-corrected chi connectivity index (χ3v) is 6.48. The number of hydrogen-bond donors (Lipinski definition) is 0. The van der Waals surface area contributed by atoms with Crippen LogP contribution in [0.2, 0.25) is 0 Å².